The molecule has 3 saturated carbocycles. The van der Waals surface area contributed by atoms with Gasteiger partial charge in [0, 0.05) is 28.3 Å². The molecule has 0 saturated heterocycles. The molecule has 0 radical (unpaired) electrons. The highest BCUT2D eigenvalue weighted by atomic mass is 15.1. The van der Waals surface area contributed by atoms with Crippen LogP contribution in [0.5, 0.6) is 0 Å². The van der Waals surface area contributed by atoms with Gasteiger partial charge in [-0.3, -0.25) is 9.97 Å². The number of rotatable bonds is 4. The molecule has 0 N–H and O–H groups in total. The van der Waals surface area contributed by atoms with Crippen molar-refractivity contribution in [1.82, 2.24) is 9.97 Å². The van der Waals surface area contributed by atoms with Crippen molar-refractivity contribution >= 4 is 38.9 Å². The van der Waals surface area contributed by atoms with Crippen LogP contribution >= 0.6 is 0 Å². The summed E-state index contributed by atoms with van der Waals surface area (Å²) in [4.78, 5) is 12.1. The summed E-state index contributed by atoms with van der Waals surface area (Å²) in [6, 6.07) is 46.9. The number of aromatic nitrogens is 2. The smallest absolute Gasteiger partial charge is 0.0966 e. The normalized spacial score (nSPS) is 24.4. The van der Waals surface area contributed by atoms with Gasteiger partial charge in [-0.2, -0.15) is 0 Å². The Labute approximate surface area is 274 Å². The van der Waals surface area contributed by atoms with Gasteiger partial charge in [0.25, 0.3) is 0 Å². The maximum Gasteiger partial charge on any atom is 0.0966 e. The van der Waals surface area contributed by atoms with Crippen LogP contribution < -0.4 is 4.90 Å². The molecule has 5 atom stereocenters. The summed E-state index contributed by atoms with van der Waals surface area (Å²) in [6.07, 6.45) is 8.06. The Bertz CT molecular complexity index is 2370. The van der Waals surface area contributed by atoms with E-state index in [1.807, 2.05) is 18.5 Å². The lowest BCUT2D eigenvalue weighted by Crippen LogP contribution is -2.70. The minimum atomic E-state index is 0.523. The van der Waals surface area contributed by atoms with Crippen LogP contribution in [0.15, 0.2) is 140 Å². The molecule has 5 unspecified atom stereocenters. The molecule has 7 aromatic rings. The second-order valence-electron chi connectivity index (χ2n) is 14.2. The van der Waals surface area contributed by atoms with E-state index in [9.17, 15) is 0 Å². The van der Waals surface area contributed by atoms with E-state index >= 15 is 0 Å². The fourth-order valence-corrected chi connectivity index (χ4v) is 10.3. The molecule has 3 heteroatoms. The van der Waals surface area contributed by atoms with Gasteiger partial charge in [-0.05, 0) is 118 Å². The minimum Gasteiger partial charge on any atom is -0.309 e. The first kappa shape index (κ1) is 25.9. The molecule has 3 nitrogen and oxygen atoms in total. The van der Waals surface area contributed by atoms with Gasteiger partial charge < -0.3 is 4.90 Å². The van der Waals surface area contributed by atoms with Gasteiger partial charge >= 0.3 is 0 Å². The summed E-state index contributed by atoms with van der Waals surface area (Å²) >= 11 is 0. The summed E-state index contributed by atoms with van der Waals surface area (Å²) in [6.45, 7) is 0. The average molecular weight is 604 g/mol. The largest absolute Gasteiger partial charge is 0.309 e. The third-order valence-corrected chi connectivity index (χ3v) is 12.4. The monoisotopic (exact) mass is 603 g/mol. The maximum atomic E-state index is 5.05. The predicted octanol–water partition coefficient (Wildman–Crippen LogP) is 11.2. The number of fused-ring (bicyclic) bond motifs is 8. The van der Waals surface area contributed by atoms with Gasteiger partial charge in [0.15, 0.2) is 0 Å². The van der Waals surface area contributed by atoms with Crippen LogP contribution in [0.1, 0.15) is 42.2 Å². The average Bonchev–Trinajstić information content (AvgIpc) is 3.21. The van der Waals surface area contributed by atoms with Crippen LogP contribution in [0.2, 0.25) is 0 Å². The zero-order valence-corrected chi connectivity index (χ0v) is 26.1. The lowest BCUT2D eigenvalue weighted by Gasteiger charge is -2.78. The third kappa shape index (κ3) is 3.41. The van der Waals surface area contributed by atoms with Crippen LogP contribution in [0, 0.1) is 17.3 Å². The van der Waals surface area contributed by atoms with Gasteiger partial charge in [-0.15, -0.1) is 0 Å². The van der Waals surface area contributed by atoms with E-state index in [2.05, 4.69) is 131 Å². The number of pyridine rings is 2. The van der Waals surface area contributed by atoms with E-state index < -0.39 is 0 Å². The second kappa shape index (κ2) is 9.39. The van der Waals surface area contributed by atoms with E-state index in [1.54, 1.807) is 11.1 Å². The SMILES string of the molecule is c1ccc(-c2ccc(N(c3ccc4c(c3)-c3ccccc3C3CC5CC6CC4C563)c3cnc4c(ccc5cccnc54)c3)cc2)cc1. The first-order valence-corrected chi connectivity index (χ1v) is 17.1. The summed E-state index contributed by atoms with van der Waals surface area (Å²) in [7, 11) is 0. The molecule has 0 amide bonds. The van der Waals surface area contributed by atoms with Crippen LogP contribution in [0.25, 0.3) is 44.1 Å². The molecule has 4 aliphatic rings. The van der Waals surface area contributed by atoms with Gasteiger partial charge in [0.2, 0.25) is 0 Å². The molecule has 4 aliphatic carbocycles. The Kier molecular flexibility index (Phi) is 5.17. The van der Waals surface area contributed by atoms with Crippen LogP contribution in [0.3, 0.4) is 0 Å². The van der Waals surface area contributed by atoms with Crippen molar-refractivity contribution < 1.29 is 0 Å². The van der Waals surface area contributed by atoms with Crippen molar-refractivity contribution in [2.24, 2.45) is 17.3 Å². The molecule has 3 fully saturated rings. The van der Waals surface area contributed by atoms with Crippen molar-refractivity contribution in [3.05, 3.63) is 151 Å². The molecule has 2 aromatic heterocycles. The van der Waals surface area contributed by atoms with E-state index in [4.69, 9.17) is 4.98 Å². The zero-order valence-electron chi connectivity index (χ0n) is 26.1. The Morgan fingerprint density at radius 1 is 0.511 bits per heavy atom. The molecular formula is C44H33N3. The Balaban J connectivity index is 1.10. The lowest BCUT2D eigenvalue weighted by atomic mass is 9.25. The zero-order chi connectivity index (χ0) is 30.7. The Morgan fingerprint density at radius 2 is 1.21 bits per heavy atom. The number of nitrogens with zero attached hydrogens (tertiary/aromatic N) is 3. The number of benzene rings is 5. The molecule has 47 heavy (non-hydrogen) atoms. The predicted molar refractivity (Wildman–Crippen MR) is 191 cm³/mol. The topological polar surface area (TPSA) is 29.0 Å². The molecule has 5 aromatic carbocycles. The standard InChI is InChI=1S/C44H33N3/c1-2-7-27(8-3-1)28-14-16-33(17-15-28)47(35-21-30-13-12-29-9-6-20-45-42(29)43(30)46-26-35)34-18-19-38-39(25-34)36-10-4-5-11-37(36)40-23-31-22-32-24-41(38)44(31,32)40/h1-21,25-26,31-32,40-41H,22-24H2. The number of hydrogen-bond donors (Lipinski definition) is 0. The van der Waals surface area contributed by atoms with E-state index in [0.29, 0.717) is 17.3 Å². The van der Waals surface area contributed by atoms with Crippen molar-refractivity contribution in [2.75, 3.05) is 4.90 Å². The fourth-order valence-electron chi connectivity index (χ4n) is 10.3. The van der Waals surface area contributed by atoms with Crippen LogP contribution in [0.4, 0.5) is 17.1 Å². The lowest BCUT2D eigenvalue weighted by molar-refractivity contribution is -0.252. The molecule has 1 spiro atoms. The maximum absolute atomic E-state index is 5.05. The Morgan fingerprint density at radius 3 is 2.04 bits per heavy atom. The summed E-state index contributed by atoms with van der Waals surface area (Å²) in [5.41, 5.74) is 14.2. The van der Waals surface area contributed by atoms with E-state index in [0.717, 1.165) is 45.0 Å². The summed E-state index contributed by atoms with van der Waals surface area (Å²) < 4.78 is 0. The van der Waals surface area contributed by atoms with Gasteiger partial charge in [0.1, 0.15) is 0 Å². The van der Waals surface area contributed by atoms with Crippen molar-refractivity contribution in [3.63, 3.8) is 0 Å². The van der Waals surface area contributed by atoms with Crippen molar-refractivity contribution in [3.8, 4) is 22.3 Å². The van der Waals surface area contributed by atoms with Gasteiger partial charge in [-0.25, -0.2) is 0 Å². The van der Waals surface area contributed by atoms with Crippen LogP contribution in [-0.2, 0) is 0 Å². The highest BCUT2D eigenvalue weighted by Gasteiger charge is 2.76. The first-order chi connectivity index (χ1) is 23.3. The minimum absolute atomic E-state index is 0.523. The highest BCUT2D eigenvalue weighted by molar-refractivity contribution is 6.03. The van der Waals surface area contributed by atoms with Gasteiger partial charge in [0.05, 0.1) is 22.9 Å². The molecular weight excluding hydrogens is 571 g/mol. The highest BCUT2D eigenvalue weighted by Crippen LogP contribution is 2.85. The van der Waals surface area contributed by atoms with Crippen LogP contribution in [-0.4, -0.2) is 9.97 Å². The molecule has 0 aliphatic heterocycles. The third-order valence-electron chi connectivity index (χ3n) is 12.4. The molecule has 0 bridgehead atoms. The Hall–Kier alpha value is -5.28. The quantitative estimate of drug-likeness (QED) is 0.187. The fraction of sp³-hybridized carbons (Fsp3) is 0.182. The van der Waals surface area contributed by atoms with Crippen molar-refractivity contribution in [2.45, 2.75) is 31.1 Å². The molecule has 2 heterocycles. The number of hydrogen-bond acceptors (Lipinski definition) is 3. The first-order valence-electron chi connectivity index (χ1n) is 17.1. The van der Waals surface area contributed by atoms with Gasteiger partial charge in [-0.1, -0.05) is 91.0 Å². The summed E-state index contributed by atoms with van der Waals surface area (Å²) in [5, 5.41) is 2.20. The van der Waals surface area contributed by atoms with E-state index in [-0.39, 0.29) is 0 Å². The van der Waals surface area contributed by atoms with E-state index in [1.165, 1.54) is 47.2 Å². The summed E-state index contributed by atoms with van der Waals surface area (Å²) in [5.74, 6) is 3.24. The number of anilines is 3. The molecule has 224 valence electrons. The van der Waals surface area contributed by atoms with Crippen molar-refractivity contribution in [1.29, 1.82) is 0 Å². The second-order valence-corrected chi connectivity index (χ2v) is 14.2. The molecule has 11 rings (SSSR count).